The summed E-state index contributed by atoms with van der Waals surface area (Å²) in [5.41, 5.74) is 2.94. The molecular weight excluding hydrogens is 998 g/mol. The van der Waals surface area contributed by atoms with Crippen molar-refractivity contribution in [2.24, 2.45) is 0 Å². The third-order valence-electron chi connectivity index (χ3n) is 16.7. The summed E-state index contributed by atoms with van der Waals surface area (Å²) >= 11 is 0. The molecule has 59 heteroatoms. The van der Waals surface area contributed by atoms with E-state index in [2.05, 4.69) is 0 Å². The Hall–Kier alpha value is 0.577. The van der Waals surface area contributed by atoms with Crippen LogP contribution in [-0.2, 0) is 22.9 Å². The van der Waals surface area contributed by atoms with E-state index in [1.165, 1.54) is 28.6 Å². The third-order valence-corrected chi connectivity index (χ3v) is 18.7. The number of hydrogen-bond acceptors (Lipinski definition) is 2. The van der Waals surface area contributed by atoms with Crippen molar-refractivity contribution in [1.29, 1.82) is 0 Å². The number of benzene rings is 3. The molecule has 0 spiro atoms. The summed E-state index contributed by atoms with van der Waals surface area (Å²) in [5.74, 6) is -1.83. The highest BCUT2D eigenvalue weighted by Gasteiger charge is 2.60. The van der Waals surface area contributed by atoms with Gasteiger partial charge in [0, 0.05) is 381 Å². The Kier molecular flexibility index (Phi) is 32.9. The highest BCUT2D eigenvalue weighted by Crippen LogP contribution is 2.38. The predicted molar refractivity (Wildman–Crippen MR) is 418 cm³/mol. The first kappa shape index (κ1) is 78.8. The normalized spacial score (nSPS) is 12.2. The number of aryl methyl sites for hydroxylation is 4. The van der Waals surface area contributed by atoms with Crippen molar-refractivity contribution in [3.63, 3.8) is 0 Å². The fourth-order valence-electron chi connectivity index (χ4n) is 13.1. The van der Waals surface area contributed by atoms with E-state index in [4.69, 9.17) is 209 Å². The minimum atomic E-state index is -4.00. The van der Waals surface area contributed by atoms with Gasteiger partial charge in [-0.1, -0.05) is 29.8 Å². The van der Waals surface area contributed by atoms with E-state index >= 15 is 0 Å². The van der Waals surface area contributed by atoms with Crippen LogP contribution in [0.1, 0.15) is 35.1 Å². The van der Waals surface area contributed by atoms with Crippen LogP contribution < -0.4 is 4.31 Å². The monoisotopic (exact) mass is 1030 g/mol. The molecule has 3 aromatic carbocycles. The largest absolute Gasteiger partial charge is 0.264 e. The predicted octanol–water partition coefficient (Wildman–Crippen LogP) is -13.9. The molecule has 0 bridgehead atoms. The molecule has 4 rings (SSSR count). The summed E-state index contributed by atoms with van der Waals surface area (Å²) in [6, 6.07) is 12.2. The van der Waals surface area contributed by atoms with Gasteiger partial charge in [-0.05, 0) is 80.5 Å². The maximum Gasteiger partial charge on any atom is 0.264 e. The van der Waals surface area contributed by atoms with E-state index in [-0.39, 0.29) is 11.3 Å². The Bertz CT molecular complexity index is 2470. The average molecular weight is 1020 g/mol. The van der Waals surface area contributed by atoms with Crippen molar-refractivity contribution in [1.82, 2.24) is 0 Å². The summed E-state index contributed by atoms with van der Waals surface area (Å²) in [4.78, 5) is 0.165. The molecule has 0 amide bonds. The number of anilines is 1. The lowest BCUT2D eigenvalue weighted by Crippen LogP contribution is -2.95. The fraction of sp³-hybridized carbons (Fsp3) is 0.280. The van der Waals surface area contributed by atoms with Crippen LogP contribution in [0.15, 0.2) is 59.5 Å². The minimum Gasteiger partial charge on any atom is -0.263 e. The molecule has 0 saturated heterocycles. The van der Waals surface area contributed by atoms with Crippen molar-refractivity contribution in [2.45, 2.75) is 50.5 Å². The molecule has 1 heterocycles. The van der Waals surface area contributed by atoms with E-state index in [0.29, 0.717) is 36.1 Å². The lowest BCUT2D eigenvalue weighted by Gasteiger charge is -2.57. The second-order valence-corrected chi connectivity index (χ2v) is 24.5. The van der Waals surface area contributed by atoms with Gasteiger partial charge in [-0.15, -0.1) is 0 Å². The van der Waals surface area contributed by atoms with Crippen LogP contribution in [0.4, 0.5) is 18.9 Å². The number of rotatable bonds is 29. The van der Waals surface area contributed by atoms with E-state index < -0.39 is 193 Å². The van der Waals surface area contributed by atoms with E-state index in [9.17, 15) is 21.6 Å². The molecule has 0 aromatic heterocycles. The van der Waals surface area contributed by atoms with Gasteiger partial charge in [0.05, 0.1) is 10.6 Å². The standard InChI is InChI=1S/C25H24F3NO2S.B52/c1-16-3-12-25(17(2)13-16)32(30,31)29-22(10-6-18-4-8-20(26)14-23(18)28)11-7-19-5-9-21(27)15-24(19)29;1-28(2)41(27)48(42(29(3)4)30(5)6)51(47(39(23)24)40(25)26)52(49(43(31(7)8)32(9)10)44(33(11)12)34(13)14)50(45(35(15)16)36(17)18)46(37(19)20)38(21)22/h3-5,8-9,12-15,22H,6-7,10-11H2,1-2H3;. The molecule has 54 radical (unpaired) electrons. The maximum absolute atomic E-state index is 14.2. The highest BCUT2D eigenvalue weighted by molar-refractivity contribution is 8.36. The zero-order valence-electron chi connectivity index (χ0n) is 47.9. The zero-order chi connectivity index (χ0) is 64.5. The molecule has 1 atom stereocenters. The molecule has 0 N–H and O–H groups in total. The molecule has 0 fully saturated rings. The number of halogens is 3. The van der Waals surface area contributed by atoms with Gasteiger partial charge in [-0.2, -0.15) is 0 Å². The van der Waals surface area contributed by atoms with Gasteiger partial charge in [0.15, 0.2) is 0 Å². The quantitative estimate of drug-likeness (QED) is 0.0650. The topological polar surface area (TPSA) is 37.4 Å². The molecular formula is C25H24B52F3NO2S. The highest BCUT2D eigenvalue weighted by atomic mass is 32.2. The molecule has 324 valence electrons. The fourth-order valence-corrected chi connectivity index (χ4v) is 15.1. The number of nitrogens with zero attached hydrogens (tertiary/aromatic N) is 1. The van der Waals surface area contributed by atoms with Crippen molar-refractivity contribution >= 4 is 384 Å². The molecule has 1 aliphatic rings. The van der Waals surface area contributed by atoms with Crippen molar-refractivity contribution in [2.75, 3.05) is 4.31 Å². The SMILES string of the molecule is Cc1ccc(S(=O)(=O)N2c3cc(F)ccc3CCC2CCc2ccc(F)cc2F)c(C)c1.[B]B([B])B([B])B(B(B([B])[B])B([B])[B])B(B(B([B])[B])B([B])[B])B(B(B(B([B])[B])B([B])[B])B(B([B])[B])B([B])[B])B(B(B([B])[B])B([B])[B])B(B([B])[B])B([B])[B]. The van der Waals surface area contributed by atoms with Gasteiger partial charge in [-0.3, -0.25) is 4.31 Å². The molecule has 84 heavy (non-hydrogen) atoms. The van der Waals surface area contributed by atoms with Gasteiger partial charge in [0.1, 0.15) is 17.5 Å². The van der Waals surface area contributed by atoms with Crippen LogP contribution in [0.3, 0.4) is 0 Å². The summed E-state index contributed by atoms with van der Waals surface area (Å²) in [5, 5.41) is 0. The summed E-state index contributed by atoms with van der Waals surface area (Å²) in [7, 11) is 170. The van der Waals surface area contributed by atoms with E-state index in [0.717, 1.165) is 17.2 Å². The van der Waals surface area contributed by atoms with E-state index in [1.54, 1.807) is 31.2 Å². The van der Waals surface area contributed by atoms with Crippen molar-refractivity contribution in [3.8, 4) is 0 Å². The molecule has 0 saturated carbocycles. The molecule has 3 aromatic rings. The average Bonchev–Trinajstić information content (AvgIpc) is 1.22. The Morgan fingerprint density at radius 2 is 0.774 bits per heavy atom. The Labute approximate surface area is 550 Å². The molecule has 3 nitrogen and oxygen atoms in total. The number of hydrogen-bond donors (Lipinski definition) is 0. The number of sulfonamides is 1. The van der Waals surface area contributed by atoms with Crippen LogP contribution in [0, 0.1) is 31.3 Å². The summed E-state index contributed by atoms with van der Waals surface area (Å²) < 4.78 is 70.5. The molecule has 0 aliphatic carbocycles. The van der Waals surface area contributed by atoms with Crippen LogP contribution in [0.25, 0.3) is 0 Å². The first-order valence-electron chi connectivity index (χ1n) is 27.5. The summed E-state index contributed by atoms with van der Waals surface area (Å²) in [6.07, 6.45) is -31.3. The van der Waals surface area contributed by atoms with Crippen molar-refractivity contribution in [3.05, 3.63) is 94.3 Å². The Morgan fingerprint density at radius 1 is 0.429 bits per heavy atom. The number of fused-ring (bicyclic) bond motifs is 1. The Balaban J connectivity index is 0.000000487. The Morgan fingerprint density at radius 3 is 1.13 bits per heavy atom. The lowest BCUT2D eigenvalue weighted by atomic mass is 8.24. The van der Waals surface area contributed by atoms with Crippen LogP contribution >= 0.6 is 0 Å². The maximum atomic E-state index is 14.2. The van der Waals surface area contributed by atoms with Gasteiger partial charge >= 0.3 is 0 Å². The van der Waals surface area contributed by atoms with E-state index in [1.807, 2.05) is 6.92 Å². The smallest absolute Gasteiger partial charge is 0.263 e. The zero-order valence-corrected chi connectivity index (χ0v) is 48.7. The minimum absolute atomic E-state index is 0.165. The van der Waals surface area contributed by atoms with Crippen LogP contribution in [0.5, 0.6) is 0 Å². The third kappa shape index (κ3) is 20.0. The molecule has 1 aliphatic heterocycles. The molecule has 1 unspecified atom stereocenters. The summed E-state index contributed by atoms with van der Waals surface area (Å²) in [6.45, 7) is 3.62. The van der Waals surface area contributed by atoms with Gasteiger partial charge in [0.25, 0.3) is 10.0 Å². The van der Waals surface area contributed by atoms with Gasteiger partial charge < -0.3 is 0 Å². The van der Waals surface area contributed by atoms with Gasteiger partial charge in [-0.25, -0.2) is 21.6 Å². The van der Waals surface area contributed by atoms with Gasteiger partial charge in [0.2, 0.25) is 0 Å². The second kappa shape index (κ2) is 35.0. The van der Waals surface area contributed by atoms with Crippen LogP contribution in [0.2, 0.25) is 0 Å². The van der Waals surface area contributed by atoms with Crippen molar-refractivity contribution < 1.29 is 21.6 Å². The lowest BCUT2D eigenvalue weighted by molar-refractivity contribution is 0.513. The van der Waals surface area contributed by atoms with Crippen LogP contribution in [-0.4, -0.2) is 383 Å². The first-order chi connectivity index (χ1) is 38.8. The second-order valence-electron chi connectivity index (χ2n) is 22.7. The first-order valence-corrected chi connectivity index (χ1v) is 28.9.